The van der Waals surface area contributed by atoms with E-state index in [2.05, 4.69) is 4.72 Å². The lowest BCUT2D eigenvalue weighted by atomic mass is 10.1. The van der Waals surface area contributed by atoms with Crippen molar-refractivity contribution < 1.29 is 23.9 Å². The summed E-state index contributed by atoms with van der Waals surface area (Å²) in [4.78, 5) is 10.7. The lowest BCUT2D eigenvalue weighted by Crippen LogP contribution is -2.25. The van der Waals surface area contributed by atoms with Crippen LogP contribution in [-0.4, -0.2) is 29.8 Å². The number of hydrogen-bond acceptors (Lipinski definition) is 5. The SMILES string of the molecule is COc1ccc(CN[S+]([O-])Cc2ccc(CC(=O)O)cc2)c(OC)c1. The van der Waals surface area contributed by atoms with E-state index in [1.807, 2.05) is 12.1 Å². The molecular weight excluding hydrogens is 342 g/mol. The Morgan fingerprint density at radius 1 is 1.12 bits per heavy atom. The Balaban J connectivity index is 1.90. The fourth-order valence-electron chi connectivity index (χ4n) is 2.29. The maximum absolute atomic E-state index is 12.2. The molecule has 0 saturated heterocycles. The van der Waals surface area contributed by atoms with Crippen LogP contribution in [0.1, 0.15) is 16.7 Å². The molecule has 0 spiro atoms. The van der Waals surface area contributed by atoms with Gasteiger partial charge in [-0.2, -0.15) is 0 Å². The largest absolute Gasteiger partial charge is 0.598 e. The maximum atomic E-state index is 12.2. The quantitative estimate of drug-likeness (QED) is 0.664. The van der Waals surface area contributed by atoms with Gasteiger partial charge in [-0.1, -0.05) is 30.3 Å². The summed E-state index contributed by atoms with van der Waals surface area (Å²) in [5, 5.41) is 8.76. The zero-order valence-corrected chi connectivity index (χ0v) is 15.0. The minimum atomic E-state index is -1.26. The number of carbonyl (C=O) groups is 1. The molecule has 2 N–H and O–H groups in total. The monoisotopic (exact) mass is 363 g/mol. The Labute approximate surface area is 150 Å². The first-order chi connectivity index (χ1) is 12.0. The minimum Gasteiger partial charge on any atom is -0.598 e. The molecule has 0 aliphatic rings. The van der Waals surface area contributed by atoms with Crippen LogP contribution in [0.2, 0.25) is 0 Å². The maximum Gasteiger partial charge on any atom is 0.307 e. The Bertz CT molecular complexity index is 705. The van der Waals surface area contributed by atoms with Crippen LogP contribution in [0.15, 0.2) is 42.5 Å². The number of hydrogen-bond donors (Lipinski definition) is 2. The van der Waals surface area contributed by atoms with Crippen molar-refractivity contribution in [3.05, 3.63) is 59.2 Å². The number of methoxy groups -OCH3 is 2. The molecule has 2 aromatic carbocycles. The van der Waals surface area contributed by atoms with E-state index < -0.39 is 17.3 Å². The third-order valence-corrected chi connectivity index (χ3v) is 4.66. The molecule has 2 aromatic rings. The highest BCUT2D eigenvalue weighted by Crippen LogP contribution is 2.24. The molecule has 0 bridgehead atoms. The minimum absolute atomic E-state index is 0.0150. The second-order valence-electron chi connectivity index (χ2n) is 5.38. The standard InChI is InChI=1S/C18H21NO5S/c1-23-16-8-7-15(17(10-16)24-2)11-19-25(22)12-14-5-3-13(4-6-14)9-18(20)21/h3-8,10,19H,9,11-12H2,1-2H3,(H,20,21). The van der Waals surface area contributed by atoms with Gasteiger partial charge in [0, 0.05) is 28.6 Å². The van der Waals surface area contributed by atoms with Crippen LogP contribution >= 0.6 is 0 Å². The number of nitrogens with one attached hydrogen (secondary N) is 1. The van der Waals surface area contributed by atoms with E-state index in [1.54, 1.807) is 44.6 Å². The Kier molecular flexibility index (Phi) is 7.12. The summed E-state index contributed by atoms with van der Waals surface area (Å²) < 4.78 is 25.6. The zero-order chi connectivity index (χ0) is 18.2. The van der Waals surface area contributed by atoms with Gasteiger partial charge >= 0.3 is 5.97 Å². The van der Waals surface area contributed by atoms with Gasteiger partial charge in [0.15, 0.2) is 5.75 Å². The summed E-state index contributed by atoms with van der Waals surface area (Å²) in [5.41, 5.74) is 2.48. The fraction of sp³-hybridized carbons (Fsp3) is 0.278. The number of carboxylic acids is 1. The van der Waals surface area contributed by atoms with Gasteiger partial charge in [0.25, 0.3) is 0 Å². The van der Waals surface area contributed by atoms with Crippen LogP contribution in [0.3, 0.4) is 0 Å². The topological polar surface area (TPSA) is 90.8 Å². The van der Waals surface area contributed by atoms with Gasteiger partial charge < -0.3 is 19.1 Å². The first-order valence-electron chi connectivity index (χ1n) is 7.64. The molecule has 7 heteroatoms. The van der Waals surface area contributed by atoms with Crippen molar-refractivity contribution in [2.75, 3.05) is 14.2 Å². The van der Waals surface area contributed by atoms with E-state index in [4.69, 9.17) is 14.6 Å². The highest BCUT2D eigenvalue weighted by molar-refractivity contribution is 7.88. The number of benzene rings is 2. The number of carboxylic acid groups (broad SMARTS) is 1. The van der Waals surface area contributed by atoms with E-state index in [1.165, 1.54) is 0 Å². The van der Waals surface area contributed by atoms with Crippen LogP contribution in [0.5, 0.6) is 11.5 Å². The predicted octanol–water partition coefficient (Wildman–Crippen LogP) is 2.28. The third-order valence-electron chi connectivity index (χ3n) is 3.59. The smallest absolute Gasteiger partial charge is 0.307 e. The van der Waals surface area contributed by atoms with Crippen LogP contribution in [0.4, 0.5) is 0 Å². The molecule has 0 amide bonds. The molecule has 0 aromatic heterocycles. The second kappa shape index (κ2) is 9.31. The fourth-order valence-corrected chi connectivity index (χ4v) is 3.20. The lowest BCUT2D eigenvalue weighted by molar-refractivity contribution is -0.136. The molecule has 0 saturated carbocycles. The molecule has 0 aliphatic heterocycles. The van der Waals surface area contributed by atoms with Crippen molar-refractivity contribution in [3.63, 3.8) is 0 Å². The molecule has 0 heterocycles. The van der Waals surface area contributed by atoms with Gasteiger partial charge in [0.1, 0.15) is 11.5 Å². The molecule has 25 heavy (non-hydrogen) atoms. The van der Waals surface area contributed by atoms with E-state index >= 15 is 0 Å². The molecule has 1 atom stereocenters. The molecule has 0 fully saturated rings. The van der Waals surface area contributed by atoms with Crippen molar-refractivity contribution in [3.8, 4) is 11.5 Å². The van der Waals surface area contributed by atoms with Crippen LogP contribution < -0.4 is 14.2 Å². The van der Waals surface area contributed by atoms with Crippen molar-refractivity contribution in [2.24, 2.45) is 0 Å². The molecular formula is C18H21NO5S. The molecule has 1 unspecified atom stereocenters. The Morgan fingerprint density at radius 2 is 1.80 bits per heavy atom. The van der Waals surface area contributed by atoms with Crippen molar-refractivity contribution in [2.45, 2.75) is 18.7 Å². The predicted molar refractivity (Wildman–Crippen MR) is 96.0 cm³/mol. The highest BCUT2D eigenvalue weighted by Gasteiger charge is 2.11. The van der Waals surface area contributed by atoms with Crippen LogP contribution in [0, 0.1) is 0 Å². The van der Waals surface area contributed by atoms with Crippen molar-refractivity contribution in [1.82, 2.24) is 4.72 Å². The average molecular weight is 363 g/mol. The molecule has 6 nitrogen and oxygen atoms in total. The van der Waals surface area contributed by atoms with Crippen LogP contribution in [0.25, 0.3) is 0 Å². The van der Waals surface area contributed by atoms with Gasteiger partial charge in [-0.25, -0.2) is 0 Å². The van der Waals surface area contributed by atoms with E-state index in [9.17, 15) is 9.35 Å². The summed E-state index contributed by atoms with van der Waals surface area (Å²) in [5.74, 6) is 0.836. The van der Waals surface area contributed by atoms with Gasteiger partial charge in [-0.15, -0.1) is 4.72 Å². The summed E-state index contributed by atoms with van der Waals surface area (Å²) in [6.45, 7) is 0.400. The van der Waals surface area contributed by atoms with E-state index in [-0.39, 0.29) is 6.42 Å². The number of rotatable bonds is 9. The highest BCUT2D eigenvalue weighted by atomic mass is 32.2. The summed E-state index contributed by atoms with van der Waals surface area (Å²) in [7, 11) is 3.16. The number of ether oxygens (including phenoxy) is 2. The molecule has 0 radical (unpaired) electrons. The van der Waals surface area contributed by atoms with Gasteiger partial charge in [0.05, 0.1) is 27.2 Å². The van der Waals surface area contributed by atoms with E-state index in [0.29, 0.717) is 23.8 Å². The normalized spacial score (nSPS) is 11.8. The Hall–Kier alpha value is -2.22. The van der Waals surface area contributed by atoms with Crippen molar-refractivity contribution >= 4 is 17.3 Å². The Morgan fingerprint density at radius 3 is 2.40 bits per heavy atom. The zero-order valence-electron chi connectivity index (χ0n) is 14.2. The third kappa shape index (κ3) is 5.97. The van der Waals surface area contributed by atoms with Crippen LogP contribution in [-0.2, 0) is 34.9 Å². The molecule has 2 rings (SSSR count). The summed E-state index contributed by atoms with van der Waals surface area (Å²) >= 11 is -1.26. The van der Waals surface area contributed by atoms with E-state index in [0.717, 1.165) is 16.7 Å². The first-order valence-corrected chi connectivity index (χ1v) is 8.96. The number of aliphatic carboxylic acids is 1. The molecule has 0 aliphatic carbocycles. The van der Waals surface area contributed by atoms with Gasteiger partial charge in [-0.05, 0) is 11.6 Å². The summed E-state index contributed by atoms with van der Waals surface area (Å²) in [6, 6.07) is 12.5. The second-order valence-corrected chi connectivity index (χ2v) is 6.64. The van der Waals surface area contributed by atoms with Gasteiger partial charge in [0.2, 0.25) is 0 Å². The summed E-state index contributed by atoms with van der Waals surface area (Å²) in [6.07, 6.45) is -0.0150. The van der Waals surface area contributed by atoms with Gasteiger partial charge in [-0.3, -0.25) is 4.79 Å². The first kappa shape index (κ1) is 19.1. The van der Waals surface area contributed by atoms with Crippen molar-refractivity contribution in [1.29, 1.82) is 0 Å². The lowest BCUT2D eigenvalue weighted by Gasteiger charge is -2.14. The average Bonchev–Trinajstić information content (AvgIpc) is 2.61. The molecule has 134 valence electrons.